The van der Waals surface area contributed by atoms with Gasteiger partial charge in [0, 0.05) is 16.5 Å². The molecule has 3 aromatic rings. The van der Waals surface area contributed by atoms with Crippen molar-refractivity contribution in [3.05, 3.63) is 71.4 Å². The van der Waals surface area contributed by atoms with Crippen molar-refractivity contribution in [2.24, 2.45) is 0 Å². The fraction of sp³-hybridized carbons (Fsp3) is 0.484. The van der Waals surface area contributed by atoms with Crippen LogP contribution in [0.3, 0.4) is 0 Å². The van der Waals surface area contributed by atoms with Crippen LogP contribution in [-0.4, -0.2) is 37.5 Å². The quantitative estimate of drug-likeness (QED) is 0.237. The van der Waals surface area contributed by atoms with E-state index in [4.69, 9.17) is 0 Å². The molecule has 0 radical (unpaired) electrons. The number of halogens is 1. The van der Waals surface area contributed by atoms with Gasteiger partial charge in [0.1, 0.15) is 5.83 Å². The maximum absolute atomic E-state index is 15.1. The highest BCUT2D eigenvalue weighted by Crippen LogP contribution is 2.46. The maximum Gasteiger partial charge on any atom is 0.169 e. The number of aromatic nitrogens is 1. The van der Waals surface area contributed by atoms with Crippen molar-refractivity contribution in [2.45, 2.75) is 76.9 Å². The Kier molecular flexibility index (Phi) is 7.73. The van der Waals surface area contributed by atoms with Gasteiger partial charge in [0.2, 0.25) is 0 Å². The molecule has 0 bridgehead atoms. The first kappa shape index (κ1) is 25.9. The first-order valence-electron chi connectivity index (χ1n) is 13.4. The highest BCUT2D eigenvalue weighted by atomic mass is 28.3. The van der Waals surface area contributed by atoms with Crippen LogP contribution >= 0.6 is 0 Å². The number of piperidine rings is 1. The molecule has 0 N–H and O–H groups in total. The van der Waals surface area contributed by atoms with E-state index in [1.54, 1.807) is 6.08 Å². The normalized spacial score (nSPS) is 16.8. The third kappa shape index (κ3) is 4.80. The molecule has 0 saturated carbocycles. The average Bonchev–Trinajstić information content (AvgIpc) is 3.18. The molecule has 4 heteroatoms. The number of fused-ring (bicyclic) bond motifs is 1. The summed E-state index contributed by atoms with van der Waals surface area (Å²) in [4.78, 5) is 2.44. The summed E-state index contributed by atoms with van der Waals surface area (Å²) in [6.07, 6.45) is 6.61. The molecular formula is C31H43FN2Si. The second kappa shape index (κ2) is 10.4. The average molecular weight is 491 g/mol. The Hall–Kier alpha value is -2.17. The van der Waals surface area contributed by atoms with Crippen molar-refractivity contribution in [1.82, 2.24) is 9.13 Å². The smallest absolute Gasteiger partial charge is 0.169 e. The van der Waals surface area contributed by atoms with Crippen LogP contribution in [-0.2, 0) is 0 Å². The van der Waals surface area contributed by atoms with Crippen LogP contribution < -0.4 is 0 Å². The SMILES string of the molecule is CC(C)[Si](C(C)C)(C(C)C)n1cc(C2CCN(C)CC2)c2cc(/C=C(\F)c3ccccc3)ccc21. The van der Waals surface area contributed by atoms with E-state index in [0.717, 1.165) is 18.7 Å². The van der Waals surface area contributed by atoms with Crippen LogP contribution in [0.25, 0.3) is 22.8 Å². The van der Waals surface area contributed by atoms with Crippen LogP contribution in [0, 0.1) is 0 Å². The van der Waals surface area contributed by atoms with Crippen LogP contribution in [0.15, 0.2) is 54.7 Å². The van der Waals surface area contributed by atoms with E-state index in [9.17, 15) is 0 Å². The van der Waals surface area contributed by atoms with E-state index in [1.807, 2.05) is 30.3 Å². The van der Waals surface area contributed by atoms with Gasteiger partial charge in [0.25, 0.3) is 0 Å². The molecule has 2 nitrogen and oxygen atoms in total. The third-order valence-corrected chi connectivity index (χ3v) is 15.3. The Morgan fingerprint density at radius 1 is 0.914 bits per heavy atom. The molecule has 1 saturated heterocycles. The monoisotopic (exact) mass is 490 g/mol. The summed E-state index contributed by atoms with van der Waals surface area (Å²) in [7, 11) is 0.316. The summed E-state index contributed by atoms with van der Waals surface area (Å²) in [5, 5.41) is 1.33. The topological polar surface area (TPSA) is 8.17 Å². The zero-order valence-corrected chi connectivity index (χ0v) is 23.7. The Labute approximate surface area is 212 Å². The van der Waals surface area contributed by atoms with Gasteiger partial charge in [0.05, 0.1) is 0 Å². The number of benzene rings is 2. The van der Waals surface area contributed by atoms with Crippen molar-refractivity contribution in [2.75, 3.05) is 20.1 Å². The van der Waals surface area contributed by atoms with Crippen molar-refractivity contribution >= 4 is 31.0 Å². The van der Waals surface area contributed by atoms with Gasteiger partial charge in [0.15, 0.2) is 8.24 Å². The van der Waals surface area contributed by atoms with Crippen molar-refractivity contribution in [1.29, 1.82) is 0 Å². The van der Waals surface area contributed by atoms with E-state index in [0.29, 0.717) is 28.1 Å². The van der Waals surface area contributed by atoms with Crippen molar-refractivity contribution in [3.63, 3.8) is 0 Å². The summed E-state index contributed by atoms with van der Waals surface area (Å²) < 4.78 is 17.8. The Morgan fingerprint density at radius 3 is 2.09 bits per heavy atom. The molecule has 0 unspecified atom stereocenters. The highest BCUT2D eigenvalue weighted by molar-refractivity contribution is 6.82. The molecular weight excluding hydrogens is 447 g/mol. The third-order valence-electron chi connectivity index (χ3n) is 8.55. The molecule has 1 aliphatic heterocycles. The van der Waals surface area contributed by atoms with E-state index in [2.05, 4.69) is 82.1 Å². The Balaban J connectivity index is 1.91. The van der Waals surface area contributed by atoms with Gasteiger partial charge in [-0.25, -0.2) is 4.39 Å². The number of nitrogens with zero attached hydrogens (tertiary/aromatic N) is 2. The fourth-order valence-electron chi connectivity index (χ4n) is 6.99. The van der Waals surface area contributed by atoms with Crippen LogP contribution in [0.5, 0.6) is 0 Å². The molecule has 0 spiro atoms. The number of rotatable bonds is 7. The van der Waals surface area contributed by atoms with Gasteiger partial charge in [-0.1, -0.05) is 77.9 Å². The zero-order valence-electron chi connectivity index (χ0n) is 22.7. The van der Waals surface area contributed by atoms with E-state index in [-0.39, 0.29) is 5.83 Å². The van der Waals surface area contributed by atoms with Gasteiger partial charge in [-0.2, -0.15) is 0 Å². The molecule has 0 atom stereocenters. The summed E-state index contributed by atoms with van der Waals surface area (Å²) in [6, 6.07) is 16.0. The molecule has 4 rings (SSSR count). The lowest BCUT2D eigenvalue weighted by Gasteiger charge is -2.44. The van der Waals surface area contributed by atoms with Gasteiger partial charge in [-0.05, 0) is 91.1 Å². The molecule has 0 amide bonds. The van der Waals surface area contributed by atoms with Crippen LogP contribution in [0.1, 0.15) is 77.0 Å². The summed E-state index contributed by atoms with van der Waals surface area (Å²) in [6.45, 7) is 16.9. The van der Waals surface area contributed by atoms with Gasteiger partial charge in [-0.15, -0.1) is 0 Å². The Morgan fingerprint density at radius 2 is 1.51 bits per heavy atom. The van der Waals surface area contributed by atoms with Crippen LogP contribution in [0.4, 0.5) is 4.39 Å². The molecule has 2 aromatic carbocycles. The standard InChI is InChI=1S/C31H43FN2Si/c1-22(2)35(23(3)4,24(5)6)34-21-29(26-15-17-33(7)18-16-26)28-19-25(13-14-31(28)34)20-30(32)27-11-9-8-10-12-27/h8-14,19-24,26H,15-18H2,1-7H3/b30-20-. The van der Waals surface area contributed by atoms with Crippen molar-refractivity contribution in [3.8, 4) is 0 Å². The van der Waals surface area contributed by atoms with E-state index < -0.39 is 8.24 Å². The van der Waals surface area contributed by atoms with Gasteiger partial charge >= 0.3 is 0 Å². The van der Waals surface area contributed by atoms with Gasteiger partial charge in [-0.3, -0.25) is 0 Å². The first-order chi connectivity index (χ1) is 16.7. The fourth-order valence-corrected chi connectivity index (χ4v) is 13.6. The maximum atomic E-state index is 15.1. The lowest BCUT2D eigenvalue weighted by atomic mass is 9.89. The predicted octanol–water partition coefficient (Wildman–Crippen LogP) is 8.94. The second-order valence-electron chi connectivity index (χ2n) is 11.5. The molecule has 35 heavy (non-hydrogen) atoms. The predicted molar refractivity (Wildman–Crippen MR) is 153 cm³/mol. The second-order valence-corrected chi connectivity index (χ2v) is 17.2. The minimum atomic E-state index is -1.91. The molecule has 2 heterocycles. The van der Waals surface area contributed by atoms with Gasteiger partial charge < -0.3 is 9.13 Å². The number of hydrogen-bond acceptors (Lipinski definition) is 1. The summed E-state index contributed by atoms with van der Waals surface area (Å²) >= 11 is 0. The molecule has 1 aliphatic rings. The van der Waals surface area contributed by atoms with E-state index in [1.165, 1.54) is 29.3 Å². The summed E-state index contributed by atoms with van der Waals surface area (Å²) in [5.41, 5.74) is 6.26. The largest absolute Gasteiger partial charge is 0.373 e. The molecule has 0 aliphatic carbocycles. The minimum Gasteiger partial charge on any atom is -0.373 e. The summed E-state index contributed by atoms with van der Waals surface area (Å²) in [5.74, 6) is 0.381. The minimum absolute atomic E-state index is 0.180. The molecule has 1 fully saturated rings. The lowest BCUT2D eigenvalue weighted by molar-refractivity contribution is 0.256. The zero-order chi connectivity index (χ0) is 25.3. The van der Waals surface area contributed by atoms with E-state index >= 15 is 4.39 Å². The molecule has 188 valence electrons. The number of likely N-dealkylation sites (tertiary alicyclic amines) is 1. The lowest BCUT2D eigenvalue weighted by Crippen LogP contribution is -2.51. The van der Waals surface area contributed by atoms with Crippen LogP contribution in [0.2, 0.25) is 16.6 Å². The molecule has 1 aromatic heterocycles. The van der Waals surface area contributed by atoms with Crippen molar-refractivity contribution < 1.29 is 4.39 Å². The highest BCUT2D eigenvalue weighted by Gasteiger charge is 2.46. The Bertz CT molecular complexity index is 1150. The first-order valence-corrected chi connectivity index (χ1v) is 15.6. The number of hydrogen-bond donors (Lipinski definition) is 0.